The lowest BCUT2D eigenvalue weighted by Gasteiger charge is -2.59. The van der Waals surface area contributed by atoms with Crippen LogP contribution in [0.25, 0.3) is 0 Å². The van der Waals surface area contributed by atoms with Crippen LogP contribution in [-0.4, -0.2) is 108 Å². The van der Waals surface area contributed by atoms with E-state index >= 15 is 0 Å². The number of ether oxygens (including phenoxy) is 5. The first-order valence-corrected chi connectivity index (χ1v) is 22.7. The van der Waals surface area contributed by atoms with Crippen LogP contribution < -0.4 is 14.8 Å². The average molecular weight is 915 g/mol. The topological polar surface area (TPSA) is 221 Å². The van der Waals surface area contributed by atoms with Crippen molar-refractivity contribution in [3.63, 3.8) is 0 Å². The molecule has 3 aromatic carbocycles. The highest BCUT2D eigenvalue weighted by Crippen LogP contribution is 2.62. The van der Waals surface area contributed by atoms with Crippen molar-refractivity contribution < 1.29 is 58.4 Å². The number of non-ortho nitro benzene ring substituents is 1. The van der Waals surface area contributed by atoms with Crippen LogP contribution >= 0.6 is 0 Å². The van der Waals surface area contributed by atoms with Crippen molar-refractivity contribution in [3.05, 3.63) is 124 Å². The van der Waals surface area contributed by atoms with E-state index in [1.54, 1.807) is 37.3 Å². The molecule has 0 aromatic heterocycles. The van der Waals surface area contributed by atoms with Gasteiger partial charge in [-0.2, -0.15) is 0 Å². The normalized spacial score (nSPS) is 22.2. The van der Waals surface area contributed by atoms with E-state index in [2.05, 4.69) is 18.0 Å². The molecule has 66 heavy (non-hydrogen) atoms. The van der Waals surface area contributed by atoms with E-state index in [-0.39, 0.29) is 95.6 Å². The van der Waals surface area contributed by atoms with Gasteiger partial charge in [0, 0.05) is 56.3 Å². The number of aliphatic hydroxyl groups is 3. The molecule has 1 fully saturated rings. The minimum absolute atomic E-state index is 0.0110. The molecule has 17 heteroatoms. The second-order valence-corrected chi connectivity index (χ2v) is 16.4. The molecule has 2 amide bonds. The van der Waals surface area contributed by atoms with Crippen LogP contribution in [0.4, 0.5) is 15.3 Å². The number of amides is 2. The number of nitrogens with zero attached hydrogens (tertiary/aromatic N) is 3. The van der Waals surface area contributed by atoms with Gasteiger partial charge in [0.2, 0.25) is 5.79 Å². The fourth-order valence-corrected chi connectivity index (χ4v) is 9.43. The summed E-state index contributed by atoms with van der Waals surface area (Å²) in [6, 6.07) is 19.8. The lowest BCUT2D eigenvalue weighted by atomic mass is 9.55. The molecule has 0 saturated heterocycles. The van der Waals surface area contributed by atoms with E-state index in [0.717, 1.165) is 23.1 Å². The summed E-state index contributed by atoms with van der Waals surface area (Å²) in [6.45, 7) is 5.98. The first kappa shape index (κ1) is 49.6. The molecule has 6 rings (SSSR count). The van der Waals surface area contributed by atoms with Gasteiger partial charge >= 0.3 is 12.2 Å². The summed E-state index contributed by atoms with van der Waals surface area (Å²) in [7, 11) is 0. The van der Waals surface area contributed by atoms with Gasteiger partial charge in [-0.1, -0.05) is 60.5 Å². The minimum Gasteiger partial charge on any atom is -0.459 e. The Morgan fingerprint density at radius 1 is 0.985 bits per heavy atom. The number of nitrogens with one attached hydrogen (secondary N) is 1. The Balaban J connectivity index is 1.52. The number of allylic oxidation sites excluding steroid dienone is 1. The fraction of sp³-hybridized carbons (Fsp3) is 0.490. The molecule has 3 aliphatic rings. The highest BCUT2D eigenvalue weighted by atomic mass is 16.7. The number of nitro groups is 1. The quantitative estimate of drug-likeness (QED) is 0.0287. The summed E-state index contributed by atoms with van der Waals surface area (Å²) in [4.78, 5) is 46.0. The number of unbranched alkanes of at least 4 members (excludes halogenated alkanes) is 2. The van der Waals surface area contributed by atoms with Crippen LogP contribution in [0.2, 0.25) is 0 Å². The first-order chi connectivity index (χ1) is 32.2. The second kappa shape index (κ2) is 24.6. The van der Waals surface area contributed by atoms with E-state index in [4.69, 9.17) is 33.7 Å². The molecule has 0 spiro atoms. The van der Waals surface area contributed by atoms with E-state index < -0.39 is 40.8 Å². The molecular weight excluding hydrogens is 853 g/mol. The fourth-order valence-electron chi connectivity index (χ4n) is 9.43. The average Bonchev–Trinajstić information content (AvgIpc) is 3.32. The largest absolute Gasteiger partial charge is 0.459 e. The Morgan fingerprint density at radius 3 is 2.44 bits per heavy atom. The van der Waals surface area contributed by atoms with Crippen molar-refractivity contribution in [3.8, 4) is 11.5 Å². The van der Waals surface area contributed by atoms with Crippen LogP contribution in [0, 0.1) is 27.9 Å². The predicted molar refractivity (Wildman–Crippen MR) is 244 cm³/mol. The van der Waals surface area contributed by atoms with Crippen LogP contribution in [0.3, 0.4) is 0 Å². The summed E-state index contributed by atoms with van der Waals surface area (Å²) in [5, 5.41) is 48.4. The third kappa shape index (κ3) is 12.1. The van der Waals surface area contributed by atoms with Crippen LogP contribution in [0.15, 0.2) is 102 Å². The van der Waals surface area contributed by atoms with E-state index in [0.29, 0.717) is 49.1 Å². The molecule has 17 nitrogen and oxygen atoms in total. The zero-order valence-corrected chi connectivity index (χ0v) is 37.5. The molecule has 4 N–H and O–H groups in total. The van der Waals surface area contributed by atoms with Gasteiger partial charge in [-0.05, 0) is 91.5 Å². The maximum Gasteiger partial charge on any atom is 0.412 e. The molecule has 356 valence electrons. The Hall–Kier alpha value is -5.85. The van der Waals surface area contributed by atoms with Crippen molar-refractivity contribution in [1.82, 2.24) is 10.2 Å². The lowest BCUT2D eigenvalue weighted by molar-refractivity contribution is -0.384. The van der Waals surface area contributed by atoms with E-state index in [9.17, 15) is 35.0 Å². The zero-order valence-electron chi connectivity index (χ0n) is 37.5. The molecule has 1 saturated carbocycles. The smallest absolute Gasteiger partial charge is 0.412 e. The monoisotopic (exact) mass is 914 g/mol. The highest BCUT2D eigenvalue weighted by molar-refractivity contribution is 6.03. The number of nitro benzene ring substituents is 1. The number of hydrogen-bond donors (Lipinski definition) is 4. The Morgan fingerprint density at radius 2 is 1.74 bits per heavy atom. The summed E-state index contributed by atoms with van der Waals surface area (Å²) >= 11 is 0. The summed E-state index contributed by atoms with van der Waals surface area (Å²) < 4.78 is 31.5. The molecule has 1 aliphatic heterocycles. The summed E-state index contributed by atoms with van der Waals surface area (Å²) in [6.07, 6.45) is 6.56. The van der Waals surface area contributed by atoms with Crippen molar-refractivity contribution in [2.45, 2.75) is 82.8 Å². The van der Waals surface area contributed by atoms with E-state index in [1.807, 2.05) is 36.4 Å². The van der Waals surface area contributed by atoms with Gasteiger partial charge in [-0.25, -0.2) is 9.59 Å². The van der Waals surface area contributed by atoms with Crippen LogP contribution in [0.5, 0.6) is 11.5 Å². The van der Waals surface area contributed by atoms with Gasteiger partial charge in [-0.15, -0.1) is 6.58 Å². The SMILES string of the molecule is C=CCO[C@@]12Oc3ccc(OC(=O)NCc4ccccc4)cc3[C@H]3[C@H](CCCCO)[C@@H](CCCCO)C=C(C(=NOCc4ccc([N+](=O)[O-])cc4)C[C@@H]1N(CCOCCO)C(=O)OCC)[C@H]32. The van der Waals surface area contributed by atoms with Gasteiger partial charge < -0.3 is 49.2 Å². The molecule has 2 aliphatic carbocycles. The van der Waals surface area contributed by atoms with Gasteiger partial charge in [0.25, 0.3) is 5.69 Å². The van der Waals surface area contributed by atoms with Gasteiger partial charge in [-0.3, -0.25) is 15.0 Å². The number of fused-ring (bicyclic) bond motifs is 2. The molecular formula is C49H62N4O13. The third-order valence-corrected chi connectivity index (χ3v) is 12.3. The van der Waals surface area contributed by atoms with Crippen LogP contribution in [0.1, 0.15) is 74.5 Å². The Bertz CT molecular complexity index is 2130. The lowest BCUT2D eigenvalue weighted by Crippen LogP contribution is -2.70. The molecule has 6 atom stereocenters. The van der Waals surface area contributed by atoms with Crippen molar-refractivity contribution in [1.29, 1.82) is 0 Å². The van der Waals surface area contributed by atoms with Crippen molar-refractivity contribution in [2.24, 2.45) is 22.9 Å². The third-order valence-electron chi connectivity index (χ3n) is 12.3. The first-order valence-electron chi connectivity index (χ1n) is 22.7. The number of carbonyl (C=O) groups is 2. The number of carbonyl (C=O) groups excluding carboxylic acids is 2. The van der Waals surface area contributed by atoms with Gasteiger partial charge in [0.15, 0.2) is 0 Å². The summed E-state index contributed by atoms with van der Waals surface area (Å²) in [5.41, 5.74) is 3.53. The second-order valence-electron chi connectivity index (χ2n) is 16.4. The van der Waals surface area contributed by atoms with Gasteiger partial charge in [0.05, 0.1) is 49.6 Å². The molecule has 0 unspecified atom stereocenters. The molecule has 0 radical (unpaired) electrons. The minimum atomic E-state index is -1.60. The highest BCUT2D eigenvalue weighted by Gasteiger charge is 2.65. The Labute approximate surface area is 385 Å². The summed E-state index contributed by atoms with van der Waals surface area (Å²) in [5.74, 6) is -2.12. The van der Waals surface area contributed by atoms with Gasteiger partial charge in [0.1, 0.15) is 24.1 Å². The molecule has 3 aromatic rings. The standard InChI is InChI=1S/C49H62N4O13/c1-3-26-63-49-44(52(48(58)62-4-2)22-27-61-28-25-56)31-42(51-64-33-35-16-18-37(19-17-35)53(59)60)40-29-36(14-8-10-23-54)39(15-9-11-24-55)45(46(40)49)41-30-38(20-21-43(41)66-49)65-47(57)50-32-34-12-6-5-7-13-34/h3,5-7,12-13,16-21,29-30,36,39,44-46,54-56H,1,4,8-11,14-15,22-28,31-33H2,2H3,(H,50,57)/t36-,39+,44-,45+,46+,49+/m0/s1. The zero-order chi connectivity index (χ0) is 46.9. The van der Waals surface area contributed by atoms with Crippen molar-refractivity contribution in [2.75, 3.05) is 52.8 Å². The number of benzene rings is 3. The number of rotatable bonds is 25. The molecule has 0 bridgehead atoms. The van der Waals surface area contributed by atoms with E-state index in [1.165, 1.54) is 17.0 Å². The number of aliphatic hydroxyl groups excluding tert-OH is 3. The molecule has 1 heterocycles. The van der Waals surface area contributed by atoms with Crippen molar-refractivity contribution >= 4 is 23.6 Å². The maximum atomic E-state index is 14.2. The maximum absolute atomic E-state index is 14.2. The predicted octanol–water partition coefficient (Wildman–Crippen LogP) is 7.18. The number of oxime groups is 1. The van der Waals surface area contributed by atoms with Crippen LogP contribution in [-0.2, 0) is 32.2 Å². The number of hydrogen-bond acceptors (Lipinski definition) is 14. The Kier molecular flexibility index (Phi) is 18.5.